The zero-order chi connectivity index (χ0) is 15.1. The van der Waals surface area contributed by atoms with E-state index in [0.717, 1.165) is 11.1 Å². The van der Waals surface area contributed by atoms with Crippen LogP contribution in [0.2, 0.25) is 0 Å². The number of esters is 1. The Labute approximate surface area is 125 Å². The predicted octanol–water partition coefficient (Wildman–Crippen LogP) is 3.68. The second kappa shape index (κ2) is 7.04. The summed E-state index contributed by atoms with van der Waals surface area (Å²) in [4.78, 5) is 12.5. The summed E-state index contributed by atoms with van der Waals surface area (Å²) in [7, 11) is 0. The van der Waals surface area contributed by atoms with E-state index < -0.39 is 5.60 Å². The summed E-state index contributed by atoms with van der Waals surface area (Å²) in [6.07, 6.45) is 0. The van der Waals surface area contributed by atoms with E-state index in [0.29, 0.717) is 6.61 Å². The average Bonchev–Trinajstić information content (AvgIpc) is 2.54. The topological polar surface area (TPSA) is 35.5 Å². The lowest BCUT2D eigenvalue weighted by molar-refractivity contribution is -0.173. The standard InChI is InChI=1S/C18H20O3/c1-3-21-18(2,16-12-8-5-9-13-16)17(19)20-14-15-10-6-4-7-11-15/h4-13H,3,14H2,1-2H3. The van der Waals surface area contributed by atoms with E-state index >= 15 is 0 Å². The minimum Gasteiger partial charge on any atom is -0.458 e. The fourth-order valence-electron chi connectivity index (χ4n) is 2.17. The lowest BCUT2D eigenvalue weighted by atomic mass is 9.96. The van der Waals surface area contributed by atoms with Crippen LogP contribution in [0.4, 0.5) is 0 Å². The largest absolute Gasteiger partial charge is 0.458 e. The van der Waals surface area contributed by atoms with Crippen LogP contribution in [0.25, 0.3) is 0 Å². The van der Waals surface area contributed by atoms with Gasteiger partial charge in [0.2, 0.25) is 0 Å². The van der Waals surface area contributed by atoms with E-state index in [4.69, 9.17) is 9.47 Å². The summed E-state index contributed by atoms with van der Waals surface area (Å²) in [5.41, 5.74) is 0.674. The molecule has 0 bridgehead atoms. The Bertz CT molecular complexity index is 566. The van der Waals surface area contributed by atoms with Crippen molar-refractivity contribution in [2.45, 2.75) is 26.1 Å². The number of carbonyl (C=O) groups excluding carboxylic acids is 1. The molecule has 3 nitrogen and oxygen atoms in total. The summed E-state index contributed by atoms with van der Waals surface area (Å²) in [6.45, 7) is 4.30. The molecule has 1 unspecified atom stereocenters. The van der Waals surface area contributed by atoms with Gasteiger partial charge >= 0.3 is 5.97 Å². The molecule has 3 heteroatoms. The molecule has 0 aromatic heterocycles. The van der Waals surface area contributed by atoms with Gasteiger partial charge in [-0.05, 0) is 25.0 Å². The molecule has 2 aromatic carbocycles. The first-order valence-corrected chi connectivity index (χ1v) is 7.07. The van der Waals surface area contributed by atoms with Gasteiger partial charge in [-0.2, -0.15) is 0 Å². The van der Waals surface area contributed by atoms with Crippen molar-refractivity contribution in [2.75, 3.05) is 6.61 Å². The molecular formula is C18H20O3. The molecule has 0 saturated carbocycles. The lowest BCUT2D eigenvalue weighted by Crippen LogP contribution is -2.37. The highest BCUT2D eigenvalue weighted by molar-refractivity contribution is 5.81. The molecule has 0 N–H and O–H groups in total. The second-order valence-electron chi connectivity index (χ2n) is 4.89. The number of carbonyl (C=O) groups is 1. The Kier molecular flexibility index (Phi) is 5.12. The van der Waals surface area contributed by atoms with E-state index in [1.807, 2.05) is 67.6 Å². The van der Waals surface area contributed by atoms with E-state index in [1.54, 1.807) is 6.92 Å². The number of hydrogen-bond donors (Lipinski definition) is 0. The summed E-state index contributed by atoms with van der Waals surface area (Å²) in [5, 5.41) is 0. The van der Waals surface area contributed by atoms with E-state index in [2.05, 4.69) is 0 Å². The van der Waals surface area contributed by atoms with Gasteiger partial charge in [-0.15, -0.1) is 0 Å². The second-order valence-corrected chi connectivity index (χ2v) is 4.89. The first-order valence-electron chi connectivity index (χ1n) is 7.07. The molecular weight excluding hydrogens is 264 g/mol. The number of hydrogen-bond acceptors (Lipinski definition) is 3. The van der Waals surface area contributed by atoms with Crippen LogP contribution < -0.4 is 0 Å². The number of rotatable bonds is 6. The highest BCUT2D eigenvalue weighted by Gasteiger charge is 2.37. The Morgan fingerprint density at radius 3 is 2.14 bits per heavy atom. The fraction of sp³-hybridized carbons (Fsp3) is 0.278. The van der Waals surface area contributed by atoms with Crippen molar-refractivity contribution < 1.29 is 14.3 Å². The molecule has 0 fully saturated rings. The minimum absolute atomic E-state index is 0.245. The molecule has 0 saturated heterocycles. The summed E-state index contributed by atoms with van der Waals surface area (Å²) >= 11 is 0. The average molecular weight is 284 g/mol. The molecule has 110 valence electrons. The Morgan fingerprint density at radius 1 is 1.00 bits per heavy atom. The van der Waals surface area contributed by atoms with Crippen molar-refractivity contribution in [3.05, 3.63) is 71.8 Å². The zero-order valence-electron chi connectivity index (χ0n) is 12.4. The van der Waals surface area contributed by atoms with Crippen LogP contribution >= 0.6 is 0 Å². The predicted molar refractivity (Wildman–Crippen MR) is 81.7 cm³/mol. The summed E-state index contributed by atoms with van der Waals surface area (Å²) < 4.78 is 11.1. The Balaban J connectivity index is 2.12. The van der Waals surface area contributed by atoms with Gasteiger partial charge in [0.05, 0.1) is 0 Å². The molecule has 0 aliphatic rings. The lowest BCUT2D eigenvalue weighted by Gasteiger charge is -2.27. The van der Waals surface area contributed by atoms with E-state index in [-0.39, 0.29) is 12.6 Å². The van der Waals surface area contributed by atoms with E-state index in [1.165, 1.54) is 0 Å². The first-order chi connectivity index (χ1) is 10.2. The highest BCUT2D eigenvalue weighted by Crippen LogP contribution is 2.27. The summed E-state index contributed by atoms with van der Waals surface area (Å²) in [5.74, 6) is -0.376. The summed E-state index contributed by atoms with van der Waals surface area (Å²) in [6, 6.07) is 19.0. The van der Waals surface area contributed by atoms with Crippen molar-refractivity contribution in [1.82, 2.24) is 0 Å². The Hall–Kier alpha value is -2.13. The molecule has 0 aliphatic heterocycles. The van der Waals surface area contributed by atoms with Gasteiger partial charge in [-0.25, -0.2) is 4.79 Å². The third-order valence-corrected chi connectivity index (χ3v) is 3.36. The number of ether oxygens (including phenoxy) is 2. The van der Waals surface area contributed by atoms with Crippen LogP contribution in [0.15, 0.2) is 60.7 Å². The van der Waals surface area contributed by atoms with Crippen molar-refractivity contribution in [2.24, 2.45) is 0 Å². The normalized spacial score (nSPS) is 13.4. The highest BCUT2D eigenvalue weighted by atomic mass is 16.6. The van der Waals surface area contributed by atoms with Gasteiger partial charge in [-0.1, -0.05) is 60.7 Å². The van der Waals surface area contributed by atoms with Crippen molar-refractivity contribution in [3.63, 3.8) is 0 Å². The van der Waals surface area contributed by atoms with Crippen molar-refractivity contribution >= 4 is 5.97 Å². The Morgan fingerprint density at radius 2 is 1.57 bits per heavy atom. The molecule has 0 radical (unpaired) electrons. The van der Waals surface area contributed by atoms with Crippen LogP contribution in [0.1, 0.15) is 25.0 Å². The molecule has 0 amide bonds. The van der Waals surface area contributed by atoms with Gasteiger partial charge in [0.15, 0.2) is 5.60 Å². The third-order valence-electron chi connectivity index (χ3n) is 3.36. The SMILES string of the molecule is CCOC(C)(C(=O)OCc1ccccc1)c1ccccc1. The van der Waals surface area contributed by atoms with Gasteiger partial charge < -0.3 is 9.47 Å². The van der Waals surface area contributed by atoms with Crippen molar-refractivity contribution in [1.29, 1.82) is 0 Å². The molecule has 2 rings (SSSR count). The van der Waals surface area contributed by atoms with E-state index in [9.17, 15) is 4.79 Å². The van der Waals surface area contributed by atoms with Crippen LogP contribution in [0.3, 0.4) is 0 Å². The van der Waals surface area contributed by atoms with Crippen LogP contribution in [0, 0.1) is 0 Å². The quantitative estimate of drug-likeness (QED) is 0.759. The van der Waals surface area contributed by atoms with Gasteiger partial charge in [0, 0.05) is 6.61 Å². The van der Waals surface area contributed by atoms with Crippen LogP contribution in [-0.2, 0) is 26.5 Å². The number of benzene rings is 2. The molecule has 0 heterocycles. The van der Waals surface area contributed by atoms with Crippen molar-refractivity contribution in [3.8, 4) is 0 Å². The zero-order valence-corrected chi connectivity index (χ0v) is 12.4. The molecule has 2 aromatic rings. The maximum atomic E-state index is 12.5. The van der Waals surface area contributed by atoms with Gasteiger partial charge in [-0.3, -0.25) is 0 Å². The first kappa shape index (κ1) is 15.3. The van der Waals surface area contributed by atoms with Crippen LogP contribution in [-0.4, -0.2) is 12.6 Å². The maximum Gasteiger partial charge on any atom is 0.343 e. The van der Waals surface area contributed by atoms with Gasteiger partial charge in [0.25, 0.3) is 0 Å². The van der Waals surface area contributed by atoms with Crippen LogP contribution in [0.5, 0.6) is 0 Å². The molecule has 0 spiro atoms. The van der Waals surface area contributed by atoms with Gasteiger partial charge in [0.1, 0.15) is 6.61 Å². The maximum absolute atomic E-state index is 12.5. The molecule has 0 aliphatic carbocycles. The smallest absolute Gasteiger partial charge is 0.343 e. The third kappa shape index (κ3) is 3.70. The fourth-order valence-corrected chi connectivity index (χ4v) is 2.17. The molecule has 21 heavy (non-hydrogen) atoms. The monoisotopic (exact) mass is 284 g/mol. The minimum atomic E-state index is -1.08. The molecule has 1 atom stereocenters.